The van der Waals surface area contributed by atoms with Crippen LogP contribution in [-0.4, -0.2) is 139 Å². The van der Waals surface area contributed by atoms with Crippen LogP contribution in [0.3, 0.4) is 0 Å². The van der Waals surface area contributed by atoms with Crippen LogP contribution in [0.4, 0.5) is 0 Å². The monoisotopic (exact) mass is 491 g/mol. The average Bonchev–Trinajstić information content (AvgIpc) is 0. The van der Waals surface area contributed by atoms with Gasteiger partial charge in [-0.3, -0.25) is 0 Å². The molecule has 0 aromatic rings. The molecule has 0 aliphatic rings. The van der Waals surface area contributed by atoms with Gasteiger partial charge in [-0.05, 0) is 0 Å². The molecule has 0 saturated heterocycles. The molecule has 0 N–H and O–H groups in total. The van der Waals surface area contributed by atoms with Gasteiger partial charge in [0, 0.05) is 224 Å². The predicted molar refractivity (Wildman–Crippen MR) is 46.0 cm³/mol. The van der Waals surface area contributed by atoms with Gasteiger partial charge in [0.25, 0.3) is 0 Å². The van der Waals surface area contributed by atoms with Crippen LogP contribution in [0.15, 0.2) is 0 Å². The van der Waals surface area contributed by atoms with Crippen LogP contribution in [-0.2, 0) is 85.3 Å². The van der Waals surface area contributed by atoms with Crippen LogP contribution in [0, 0.1) is 0 Å². The summed E-state index contributed by atoms with van der Waals surface area (Å²) in [7, 11) is 0. The van der Waals surface area contributed by atoms with Crippen LogP contribution in [0.1, 0.15) is 0 Å². The zero-order valence-electron chi connectivity index (χ0n) is 6.51. The van der Waals surface area contributed by atoms with Crippen LogP contribution < -0.4 is 0 Å². The molecule has 0 aromatic heterocycles. The Labute approximate surface area is 219 Å². The molecule has 0 unspecified atom stereocenters. The number of hydrogen-bond acceptors (Lipinski definition) is 0. The molecule has 0 amide bonds. The molecule has 13 heavy (non-hydrogen) atoms. The molecule has 0 bridgehead atoms. The van der Waals surface area contributed by atoms with Gasteiger partial charge in [0.2, 0.25) is 0 Å². The van der Waals surface area contributed by atoms with E-state index in [0.717, 1.165) is 0 Å². The maximum atomic E-state index is 0. The first-order valence-corrected chi connectivity index (χ1v) is 0. The first-order valence-electron chi connectivity index (χ1n) is 0. The van der Waals surface area contributed by atoms with Gasteiger partial charge in [0.15, 0.2) is 0 Å². The fraction of sp³-hybridized carbons (Fsp3) is 0. The van der Waals surface area contributed by atoms with Crippen LogP contribution >= 0.6 is 0 Å². The molecule has 13 heteroatoms. The molecule has 0 fully saturated rings. The number of hydrogen-bond donors (Lipinski definition) is 0. The minimum absolute atomic E-state index is 0. The zero-order valence-corrected chi connectivity index (χ0v) is 21.6. The maximum absolute atomic E-state index is 0. The van der Waals surface area contributed by atoms with Gasteiger partial charge in [-0.2, -0.15) is 0 Å². The Hall–Kier alpha value is 6.86. The fourth-order valence-electron chi connectivity index (χ4n) is 0. The van der Waals surface area contributed by atoms with Gasteiger partial charge >= 0.3 is 0 Å². The molecule has 0 spiro atoms. The second-order valence-corrected chi connectivity index (χ2v) is 0. The Morgan fingerprint density at radius 1 is 0.154 bits per heavy atom. The summed E-state index contributed by atoms with van der Waals surface area (Å²) in [6.07, 6.45) is 0. The summed E-state index contributed by atoms with van der Waals surface area (Å²) in [6.45, 7) is 0. The third-order valence-electron chi connectivity index (χ3n) is 0. The minimum Gasteiger partial charge on any atom is 0 e. The van der Waals surface area contributed by atoms with E-state index in [1.54, 1.807) is 0 Å². The quantitative estimate of drug-likeness (QED) is 0.317. The van der Waals surface area contributed by atoms with Gasteiger partial charge in [-0.15, -0.1) is 0 Å². The molecule has 0 heterocycles. The summed E-state index contributed by atoms with van der Waals surface area (Å²) >= 11 is 0. The third kappa shape index (κ3) is 114. The molecule has 59 valence electrons. The molecular formula is Al8Mn5. The van der Waals surface area contributed by atoms with Crippen molar-refractivity contribution in [1.82, 2.24) is 0 Å². The fourth-order valence-corrected chi connectivity index (χ4v) is 0. The Morgan fingerprint density at radius 2 is 0.154 bits per heavy atom. The van der Waals surface area contributed by atoms with E-state index in [1.807, 2.05) is 0 Å². The van der Waals surface area contributed by atoms with Gasteiger partial charge in [-0.1, -0.05) is 0 Å². The average molecular weight is 491 g/mol. The molecule has 0 atom stereocenters. The van der Waals surface area contributed by atoms with Crippen molar-refractivity contribution in [1.29, 1.82) is 0 Å². The van der Waals surface area contributed by atoms with E-state index in [0.29, 0.717) is 0 Å². The predicted octanol–water partition coefficient (Wildman–Crippen LogP) is -3.06. The molecule has 0 saturated carbocycles. The van der Waals surface area contributed by atoms with Crippen molar-refractivity contribution in [3.05, 3.63) is 0 Å². The van der Waals surface area contributed by atoms with Crippen molar-refractivity contribution >= 4 is 139 Å². The molecule has 0 aromatic carbocycles. The standard InChI is InChI=1S/8Al.5Mn. The van der Waals surface area contributed by atoms with Crippen LogP contribution in [0.25, 0.3) is 0 Å². The molecule has 0 aliphatic heterocycles. The van der Waals surface area contributed by atoms with E-state index in [2.05, 4.69) is 0 Å². The first kappa shape index (κ1) is 150. The Balaban J connectivity index is 0. The van der Waals surface area contributed by atoms with E-state index >= 15 is 0 Å². The maximum Gasteiger partial charge on any atom is 0 e. The summed E-state index contributed by atoms with van der Waals surface area (Å²) in [6, 6.07) is 0. The summed E-state index contributed by atoms with van der Waals surface area (Å²) in [5.74, 6) is 0. The Bertz CT molecular complexity index is 12.5. The van der Waals surface area contributed by atoms with Gasteiger partial charge < -0.3 is 0 Å². The van der Waals surface area contributed by atoms with E-state index in [1.165, 1.54) is 0 Å². The van der Waals surface area contributed by atoms with Crippen molar-refractivity contribution < 1.29 is 85.3 Å². The first-order chi connectivity index (χ1) is 0. The largest absolute Gasteiger partial charge is 0 e. The van der Waals surface area contributed by atoms with Gasteiger partial charge in [0.05, 0.1) is 0 Å². The van der Waals surface area contributed by atoms with Crippen molar-refractivity contribution in [3.8, 4) is 0 Å². The molecule has 0 nitrogen and oxygen atoms in total. The Kier molecular flexibility index (Phi) is 1480. The zero-order chi connectivity index (χ0) is 0. The van der Waals surface area contributed by atoms with Crippen molar-refractivity contribution in [3.63, 3.8) is 0 Å². The summed E-state index contributed by atoms with van der Waals surface area (Å²) in [4.78, 5) is 0. The smallest absolute Gasteiger partial charge is 0 e. The minimum atomic E-state index is 0. The van der Waals surface area contributed by atoms with Crippen molar-refractivity contribution in [2.45, 2.75) is 0 Å². The van der Waals surface area contributed by atoms with E-state index in [9.17, 15) is 0 Å². The van der Waals surface area contributed by atoms with Crippen LogP contribution in [0.2, 0.25) is 0 Å². The summed E-state index contributed by atoms with van der Waals surface area (Å²) < 4.78 is 0. The van der Waals surface area contributed by atoms with Crippen molar-refractivity contribution in [2.24, 2.45) is 0 Å². The third-order valence-corrected chi connectivity index (χ3v) is 0. The summed E-state index contributed by atoms with van der Waals surface area (Å²) in [5.41, 5.74) is 0. The van der Waals surface area contributed by atoms with Crippen LogP contribution in [0.5, 0.6) is 0 Å². The molecule has 29 radical (unpaired) electrons. The normalized spacial score (nSPS) is 0. The van der Waals surface area contributed by atoms with Gasteiger partial charge in [0.1, 0.15) is 0 Å². The molecule has 0 aliphatic carbocycles. The van der Waals surface area contributed by atoms with E-state index in [-0.39, 0.29) is 224 Å². The topological polar surface area (TPSA) is 0 Å². The second-order valence-electron chi connectivity index (χ2n) is 0. The van der Waals surface area contributed by atoms with E-state index in [4.69, 9.17) is 0 Å². The van der Waals surface area contributed by atoms with Gasteiger partial charge in [-0.25, -0.2) is 0 Å². The number of rotatable bonds is 0. The molecular weight excluding hydrogens is 491 g/mol. The second kappa shape index (κ2) is 128. The van der Waals surface area contributed by atoms with Crippen molar-refractivity contribution in [2.75, 3.05) is 0 Å². The van der Waals surface area contributed by atoms with E-state index < -0.39 is 0 Å². The summed E-state index contributed by atoms with van der Waals surface area (Å²) in [5, 5.41) is 0. The Morgan fingerprint density at radius 3 is 0.154 bits per heavy atom. The SMILES string of the molecule is [Al].[Al].[Al].[Al].[Al].[Al].[Al].[Al].[Mn].[Mn].[Mn].[Mn].[Mn]. The molecule has 0 rings (SSSR count).